The number of rotatable bonds is 4. The van der Waals surface area contributed by atoms with Crippen molar-refractivity contribution in [3.8, 4) is 10.6 Å². The van der Waals surface area contributed by atoms with Crippen LogP contribution in [-0.4, -0.2) is 12.1 Å². The number of hydrogen-bond acceptors (Lipinski definition) is 4. The first kappa shape index (κ1) is 13.7. The molecule has 2 aromatic rings. The van der Waals surface area contributed by atoms with Gasteiger partial charge < -0.3 is 10.5 Å². The van der Waals surface area contributed by atoms with Crippen molar-refractivity contribution in [2.24, 2.45) is 5.73 Å². The molecule has 18 heavy (non-hydrogen) atoms. The molecular weight excluding hydrogens is 312 g/mol. The first-order valence-electron chi connectivity index (χ1n) is 5.59. The lowest BCUT2D eigenvalue weighted by Crippen LogP contribution is -1.99. The zero-order valence-electron chi connectivity index (χ0n) is 10.4. The van der Waals surface area contributed by atoms with Gasteiger partial charge in [0.05, 0.1) is 12.3 Å². The number of thiazole rings is 1. The molecule has 1 aromatic heterocycles. The predicted octanol–water partition coefficient (Wildman–Crippen LogP) is 3.49. The van der Waals surface area contributed by atoms with Crippen LogP contribution in [0.5, 0.6) is 0 Å². The number of benzene rings is 1. The summed E-state index contributed by atoms with van der Waals surface area (Å²) >= 11 is 5.11. The summed E-state index contributed by atoms with van der Waals surface area (Å²) in [4.78, 5) is 5.72. The second kappa shape index (κ2) is 5.93. The molecule has 1 heterocycles. The van der Waals surface area contributed by atoms with Gasteiger partial charge in [-0.25, -0.2) is 4.98 Å². The SMILES string of the molecule is COCc1nc(-c2ccc(Br)cc2C)sc1CN. The Morgan fingerprint density at radius 2 is 2.22 bits per heavy atom. The Labute approximate surface area is 119 Å². The summed E-state index contributed by atoms with van der Waals surface area (Å²) in [5.41, 5.74) is 9.04. The maximum atomic E-state index is 5.74. The molecule has 0 bridgehead atoms. The second-order valence-electron chi connectivity index (χ2n) is 3.99. The van der Waals surface area contributed by atoms with Gasteiger partial charge >= 0.3 is 0 Å². The normalized spacial score (nSPS) is 10.9. The lowest BCUT2D eigenvalue weighted by atomic mass is 10.1. The van der Waals surface area contributed by atoms with Crippen LogP contribution in [0, 0.1) is 6.92 Å². The summed E-state index contributed by atoms with van der Waals surface area (Å²) in [5, 5.41) is 1.01. The summed E-state index contributed by atoms with van der Waals surface area (Å²) in [5.74, 6) is 0. The quantitative estimate of drug-likeness (QED) is 0.935. The van der Waals surface area contributed by atoms with Gasteiger partial charge in [0.1, 0.15) is 5.01 Å². The van der Waals surface area contributed by atoms with Crippen LogP contribution in [0.1, 0.15) is 16.1 Å². The van der Waals surface area contributed by atoms with Crippen LogP contribution in [0.25, 0.3) is 10.6 Å². The minimum absolute atomic E-state index is 0.506. The molecule has 0 amide bonds. The third-order valence-electron chi connectivity index (χ3n) is 2.66. The van der Waals surface area contributed by atoms with E-state index in [4.69, 9.17) is 10.5 Å². The van der Waals surface area contributed by atoms with Gasteiger partial charge in [-0.05, 0) is 24.6 Å². The van der Waals surface area contributed by atoms with Crippen LogP contribution in [0.4, 0.5) is 0 Å². The highest BCUT2D eigenvalue weighted by atomic mass is 79.9. The standard InChI is InChI=1S/C13H15BrN2OS/c1-8-5-9(14)3-4-10(8)13-16-11(7-17-2)12(6-15)18-13/h3-5H,6-7,15H2,1-2H3. The van der Waals surface area contributed by atoms with E-state index in [0.29, 0.717) is 13.2 Å². The summed E-state index contributed by atoms with van der Waals surface area (Å²) in [7, 11) is 1.67. The topological polar surface area (TPSA) is 48.1 Å². The average Bonchev–Trinajstić information content (AvgIpc) is 2.72. The Bertz CT molecular complexity index is 554. The van der Waals surface area contributed by atoms with Gasteiger partial charge in [-0.1, -0.05) is 22.0 Å². The summed E-state index contributed by atoms with van der Waals surface area (Å²) in [6.45, 7) is 3.10. The summed E-state index contributed by atoms with van der Waals surface area (Å²) < 4.78 is 6.23. The number of ether oxygens (including phenoxy) is 1. The van der Waals surface area contributed by atoms with Crippen molar-refractivity contribution in [2.45, 2.75) is 20.1 Å². The van der Waals surface area contributed by atoms with Gasteiger partial charge in [-0.15, -0.1) is 11.3 Å². The number of nitrogens with two attached hydrogens (primary N) is 1. The Hall–Kier alpha value is -0.750. The summed E-state index contributed by atoms with van der Waals surface area (Å²) in [6, 6.07) is 6.20. The van der Waals surface area contributed by atoms with Crippen molar-refractivity contribution in [2.75, 3.05) is 7.11 Å². The van der Waals surface area contributed by atoms with Crippen molar-refractivity contribution in [3.05, 3.63) is 38.8 Å². The van der Waals surface area contributed by atoms with E-state index in [9.17, 15) is 0 Å². The van der Waals surface area contributed by atoms with Crippen LogP contribution in [0.15, 0.2) is 22.7 Å². The zero-order valence-corrected chi connectivity index (χ0v) is 12.8. The molecule has 0 atom stereocenters. The third-order valence-corrected chi connectivity index (χ3v) is 4.31. The van der Waals surface area contributed by atoms with Crippen molar-refractivity contribution in [1.82, 2.24) is 4.98 Å². The van der Waals surface area contributed by atoms with Gasteiger partial charge in [0.25, 0.3) is 0 Å². The number of aromatic nitrogens is 1. The second-order valence-corrected chi connectivity index (χ2v) is 5.98. The van der Waals surface area contributed by atoms with E-state index in [-0.39, 0.29) is 0 Å². The van der Waals surface area contributed by atoms with E-state index >= 15 is 0 Å². The van der Waals surface area contributed by atoms with E-state index in [1.54, 1.807) is 18.4 Å². The fraction of sp³-hybridized carbons (Fsp3) is 0.308. The number of hydrogen-bond donors (Lipinski definition) is 1. The molecule has 1 aromatic carbocycles. The smallest absolute Gasteiger partial charge is 0.124 e. The van der Waals surface area contributed by atoms with Crippen molar-refractivity contribution in [3.63, 3.8) is 0 Å². The van der Waals surface area contributed by atoms with E-state index in [1.165, 1.54) is 5.56 Å². The van der Waals surface area contributed by atoms with Gasteiger partial charge in [0.2, 0.25) is 0 Å². The lowest BCUT2D eigenvalue weighted by molar-refractivity contribution is 0.181. The predicted molar refractivity (Wildman–Crippen MR) is 78.6 cm³/mol. The number of halogens is 1. The molecule has 0 saturated carbocycles. The summed E-state index contributed by atoms with van der Waals surface area (Å²) in [6.07, 6.45) is 0. The molecular formula is C13H15BrN2OS. The molecule has 3 nitrogen and oxygen atoms in total. The molecule has 0 saturated heterocycles. The van der Waals surface area contributed by atoms with Crippen LogP contribution in [0.3, 0.4) is 0 Å². The molecule has 5 heteroatoms. The molecule has 0 radical (unpaired) electrons. The van der Waals surface area contributed by atoms with Crippen molar-refractivity contribution < 1.29 is 4.74 Å². The van der Waals surface area contributed by atoms with Gasteiger partial charge in [0.15, 0.2) is 0 Å². The number of methoxy groups -OCH3 is 1. The van der Waals surface area contributed by atoms with Crippen molar-refractivity contribution >= 4 is 27.3 Å². The highest BCUT2D eigenvalue weighted by molar-refractivity contribution is 9.10. The molecule has 96 valence electrons. The Morgan fingerprint density at radius 3 is 2.83 bits per heavy atom. The molecule has 0 unspecified atom stereocenters. The molecule has 2 N–H and O–H groups in total. The molecule has 0 aliphatic carbocycles. The van der Waals surface area contributed by atoms with Crippen LogP contribution < -0.4 is 5.73 Å². The minimum Gasteiger partial charge on any atom is -0.378 e. The van der Waals surface area contributed by atoms with E-state index < -0.39 is 0 Å². The fourth-order valence-corrected chi connectivity index (χ4v) is 3.28. The number of nitrogens with zero attached hydrogens (tertiary/aromatic N) is 1. The maximum absolute atomic E-state index is 5.74. The highest BCUT2D eigenvalue weighted by Gasteiger charge is 2.12. The largest absolute Gasteiger partial charge is 0.378 e. The van der Waals surface area contributed by atoms with Crippen LogP contribution in [-0.2, 0) is 17.9 Å². The third kappa shape index (κ3) is 2.80. The monoisotopic (exact) mass is 326 g/mol. The zero-order chi connectivity index (χ0) is 13.1. The Kier molecular flexibility index (Phi) is 4.50. The van der Waals surface area contributed by atoms with Crippen molar-refractivity contribution in [1.29, 1.82) is 0 Å². The van der Waals surface area contributed by atoms with E-state index in [2.05, 4.69) is 40.0 Å². The van der Waals surface area contributed by atoms with Crippen LogP contribution in [0.2, 0.25) is 0 Å². The van der Waals surface area contributed by atoms with E-state index in [1.807, 2.05) is 6.07 Å². The highest BCUT2D eigenvalue weighted by Crippen LogP contribution is 2.31. The Balaban J connectivity index is 2.44. The minimum atomic E-state index is 0.506. The Morgan fingerprint density at radius 1 is 1.44 bits per heavy atom. The van der Waals surface area contributed by atoms with Gasteiger partial charge in [-0.2, -0.15) is 0 Å². The number of aryl methyl sites for hydroxylation is 1. The molecule has 2 rings (SSSR count). The van der Waals surface area contributed by atoms with Gasteiger partial charge in [0, 0.05) is 28.6 Å². The average molecular weight is 327 g/mol. The molecule has 0 fully saturated rings. The maximum Gasteiger partial charge on any atom is 0.124 e. The first-order chi connectivity index (χ1) is 8.65. The molecule has 0 aliphatic rings. The molecule has 0 spiro atoms. The van der Waals surface area contributed by atoms with Gasteiger partial charge in [-0.3, -0.25) is 0 Å². The fourth-order valence-electron chi connectivity index (χ4n) is 1.77. The van der Waals surface area contributed by atoms with E-state index in [0.717, 1.165) is 25.6 Å². The lowest BCUT2D eigenvalue weighted by Gasteiger charge is -2.02. The van der Waals surface area contributed by atoms with Crippen LogP contribution >= 0.6 is 27.3 Å². The first-order valence-corrected chi connectivity index (χ1v) is 7.20. The molecule has 0 aliphatic heterocycles.